The molecule has 1 aliphatic heterocycles. The summed E-state index contributed by atoms with van der Waals surface area (Å²) in [6.07, 6.45) is 7.72. The fourth-order valence-electron chi connectivity index (χ4n) is 4.71. The van der Waals surface area contributed by atoms with Crippen molar-refractivity contribution in [2.24, 2.45) is 0 Å². The van der Waals surface area contributed by atoms with Crippen molar-refractivity contribution in [1.82, 2.24) is 29.8 Å². The van der Waals surface area contributed by atoms with Crippen molar-refractivity contribution in [3.05, 3.63) is 65.5 Å². The molecule has 10 heteroatoms. The van der Waals surface area contributed by atoms with Crippen LogP contribution >= 0.6 is 0 Å². The number of hydrogen-bond acceptors (Lipinski definition) is 6. The molecular weight excluding hydrogens is 449 g/mol. The smallest absolute Gasteiger partial charge is 0.258 e. The third-order valence-electron chi connectivity index (χ3n) is 7.01. The number of fused-ring (bicyclic) bond motifs is 3. The highest BCUT2D eigenvalue weighted by atomic mass is 19.1. The molecule has 2 saturated carbocycles. The van der Waals surface area contributed by atoms with Gasteiger partial charge in [0.25, 0.3) is 5.91 Å². The average Bonchev–Trinajstić information content (AvgIpc) is 3.74. The largest absolute Gasteiger partial charge is 0.482 e. The second kappa shape index (κ2) is 7.21. The van der Waals surface area contributed by atoms with Crippen LogP contribution in [0.5, 0.6) is 5.75 Å². The molecule has 0 atom stereocenters. The lowest BCUT2D eigenvalue weighted by Crippen LogP contribution is -2.25. The Balaban J connectivity index is 1.25. The zero-order valence-electron chi connectivity index (χ0n) is 19.0. The van der Waals surface area contributed by atoms with Crippen molar-refractivity contribution in [2.45, 2.75) is 50.7 Å². The number of aromatic nitrogens is 6. The Labute approximate surface area is 199 Å². The number of rotatable bonds is 4. The van der Waals surface area contributed by atoms with Gasteiger partial charge in [-0.25, -0.2) is 14.1 Å². The number of aryl methyl sites for hydroxylation is 1. The number of hydrogen-bond donors (Lipinski definition) is 1. The Morgan fingerprint density at radius 2 is 2.11 bits per heavy atom. The summed E-state index contributed by atoms with van der Waals surface area (Å²) in [4.78, 5) is 17.8. The van der Waals surface area contributed by atoms with Gasteiger partial charge in [-0.05, 0) is 72.9 Å². The summed E-state index contributed by atoms with van der Waals surface area (Å²) in [5.74, 6) is 0.441. The first kappa shape index (κ1) is 20.3. The van der Waals surface area contributed by atoms with Crippen LogP contribution in [-0.4, -0.2) is 41.3 Å². The van der Waals surface area contributed by atoms with Crippen LogP contribution in [-0.2, 0) is 6.54 Å². The number of benzene rings is 2. The van der Waals surface area contributed by atoms with E-state index in [4.69, 9.17) is 4.74 Å². The number of carbonyl (C=O) groups is 1. The van der Waals surface area contributed by atoms with Gasteiger partial charge >= 0.3 is 0 Å². The molecule has 1 spiro atoms. The van der Waals surface area contributed by atoms with Gasteiger partial charge in [0.1, 0.15) is 11.4 Å². The van der Waals surface area contributed by atoms with Crippen LogP contribution in [0.3, 0.4) is 0 Å². The van der Waals surface area contributed by atoms with Crippen LogP contribution in [0.25, 0.3) is 17.1 Å². The molecule has 7 rings (SSSR count). The highest BCUT2D eigenvalue weighted by Gasteiger charge is 2.49. The number of nitrogens with zero attached hydrogens (tertiary/aromatic N) is 6. The molecule has 2 aromatic carbocycles. The van der Waals surface area contributed by atoms with E-state index in [9.17, 15) is 9.18 Å². The van der Waals surface area contributed by atoms with Crippen molar-refractivity contribution >= 4 is 11.6 Å². The lowest BCUT2D eigenvalue weighted by molar-refractivity contribution is 0.102. The second-order valence-electron chi connectivity index (χ2n) is 9.68. The number of imidazole rings is 1. The quantitative estimate of drug-likeness (QED) is 0.483. The standard InChI is InChI=1S/C25H22FN7O2/c1-14-9-18(26)17(10-21(14)32-11-20(27-13-32)15-5-6-15)24(34)28-19-4-2-3-16-22(19)35-25(7-8-25)12-33-23(16)29-30-31-33/h2-4,9-11,13,15H,5-8,12H2,1H3,(H,28,34). The number of amides is 1. The van der Waals surface area contributed by atoms with Gasteiger partial charge in [-0.15, -0.1) is 5.10 Å². The van der Waals surface area contributed by atoms with E-state index in [-0.39, 0.29) is 11.2 Å². The maximum atomic E-state index is 15.0. The minimum Gasteiger partial charge on any atom is -0.482 e. The summed E-state index contributed by atoms with van der Waals surface area (Å²) in [7, 11) is 0. The Morgan fingerprint density at radius 1 is 1.26 bits per heavy atom. The van der Waals surface area contributed by atoms with Crippen LogP contribution < -0.4 is 10.1 Å². The second-order valence-corrected chi connectivity index (χ2v) is 9.68. The summed E-state index contributed by atoms with van der Waals surface area (Å²) in [6.45, 7) is 2.36. The van der Waals surface area contributed by atoms with Crippen LogP contribution in [0, 0.1) is 12.7 Å². The van der Waals surface area contributed by atoms with Gasteiger partial charge in [0.2, 0.25) is 0 Å². The maximum absolute atomic E-state index is 15.0. The lowest BCUT2D eigenvalue weighted by atomic mass is 10.1. The molecule has 35 heavy (non-hydrogen) atoms. The summed E-state index contributed by atoms with van der Waals surface area (Å²) in [5.41, 5.74) is 3.17. The summed E-state index contributed by atoms with van der Waals surface area (Å²) in [6, 6.07) is 8.36. The van der Waals surface area contributed by atoms with Crippen molar-refractivity contribution in [1.29, 1.82) is 0 Å². The predicted molar refractivity (Wildman–Crippen MR) is 124 cm³/mol. The molecule has 3 heterocycles. The SMILES string of the molecule is Cc1cc(F)c(C(=O)Nc2cccc3c2OC2(CC2)Cn2nnnc2-3)cc1-n1cnc(C2CC2)c1. The minimum atomic E-state index is -0.586. The normalized spacial score (nSPS) is 17.3. The molecule has 4 aromatic rings. The Morgan fingerprint density at radius 3 is 2.91 bits per heavy atom. The number of halogens is 1. The predicted octanol–water partition coefficient (Wildman–Crippen LogP) is 4.03. The number of para-hydroxylation sites is 1. The average molecular weight is 471 g/mol. The van der Waals surface area contributed by atoms with Crippen LogP contribution in [0.15, 0.2) is 42.9 Å². The molecule has 1 amide bonds. The van der Waals surface area contributed by atoms with E-state index in [1.807, 2.05) is 23.8 Å². The van der Waals surface area contributed by atoms with Gasteiger partial charge < -0.3 is 14.6 Å². The van der Waals surface area contributed by atoms with Crippen molar-refractivity contribution in [3.8, 4) is 22.8 Å². The third kappa shape index (κ3) is 3.39. The molecule has 2 aliphatic carbocycles. The van der Waals surface area contributed by atoms with E-state index in [1.54, 1.807) is 29.2 Å². The van der Waals surface area contributed by atoms with E-state index in [2.05, 4.69) is 25.8 Å². The summed E-state index contributed by atoms with van der Waals surface area (Å²) in [5, 5.41) is 14.9. The van der Waals surface area contributed by atoms with Crippen LogP contribution in [0.4, 0.5) is 10.1 Å². The van der Waals surface area contributed by atoms with E-state index in [0.717, 1.165) is 42.6 Å². The molecule has 0 unspecified atom stereocenters. The molecule has 2 aromatic heterocycles. The number of carbonyl (C=O) groups excluding carboxylic acids is 1. The summed E-state index contributed by atoms with van der Waals surface area (Å²) < 4.78 is 25.0. The van der Waals surface area contributed by atoms with Crippen molar-refractivity contribution in [2.75, 3.05) is 5.32 Å². The van der Waals surface area contributed by atoms with Gasteiger partial charge in [0, 0.05) is 12.1 Å². The van der Waals surface area contributed by atoms with Gasteiger partial charge in [0.05, 0.1) is 41.1 Å². The number of ether oxygens (including phenoxy) is 1. The fourth-order valence-corrected chi connectivity index (χ4v) is 4.71. The molecule has 2 fully saturated rings. The van der Waals surface area contributed by atoms with E-state index in [1.165, 1.54) is 6.07 Å². The monoisotopic (exact) mass is 471 g/mol. The van der Waals surface area contributed by atoms with E-state index < -0.39 is 11.7 Å². The molecule has 176 valence electrons. The zero-order valence-corrected chi connectivity index (χ0v) is 19.0. The number of nitrogens with one attached hydrogen (secondary N) is 1. The van der Waals surface area contributed by atoms with Gasteiger partial charge in [-0.1, -0.05) is 6.07 Å². The third-order valence-corrected chi connectivity index (χ3v) is 7.01. The first-order chi connectivity index (χ1) is 17.0. The minimum absolute atomic E-state index is 0.0514. The van der Waals surface area contributed by atoms with Crippen molar-refractivity contribution in [3.63, 3.8) is 0 Å². The van der Waals surface area contributed by atoms with Gasteiger partial charge in [-0.3, -0.25) is 4.79 Å². The number of anilines is 1. The molecule has 1 N–H and O–H groups in total. The number of tetrazole rings is 1. The topological polar surface area (TPSA) is 99.7 Å². The van der Waals surface area contributed by atoms with E-state index in [0.29, 0.717) is 35.3 Å². The Hall–Kier alpha value is -4.08. The van der Waals surface area contributed by atoms with E-state index >= 15 is 0 Å². The Bertz CT molecular complexity index is 1500. The van der Waals surface area contributed by atoms with Crippen molar-refractivity contribution < 1.29 is 13.9 Å². The molecule has 9 nitrogen and oxygen atoms in total. The zero-order chi connectivity index (χ0) is 23.7. The molecule has 0 radical (unpaired) electrons. The molecular formula is C25H22FN7O2. The molecule has 3 aliphatic rings. The highest BCUT2D eigenvalue weighted by molar-refractivity contribution is 6.06. The van der Waals surface area contributed by atoms with Gasteiger partial charge in [-0.2, -0.15) is 0 Å². The van der Waals surface area contributed by atoms with Crippen LogP contribution in [0.1, 0.15) is 53.2 Å². The molecule has 0 saturated heterocycles. The summed E-state index contributed by atoms with van der Waals surface area (Å²) >= 11 is 0. The highest BCUT2D eigenvalue weighted by Crippen LogP contribution is 2.49. The van der Waals surface area contributed by atoms with Gasteiger partial charge in [0.15, 0.2) is 11.6 Å². The Kier molecular flexibility index (Phi) is 4.18. The first-order valence-corrected chi connectivity index (χ1v) is 11.7. The van der Waals surface area contributed by atoms with Crippen LogP contribution in [0.2, 0.25) is 0 Å². The maximum Gasteiger partial charge on any atom is 0.258 e. The lowest BCUT2D eigenvalue weighted by Gasteiger charge is -2.19. The fraction of sp³-hybridized carbons (Fsp3) is 0.320. The molecule has 0 bridgehead atoms. The first-order valence-electron chi connectivity index (χ1n) is 11.7.